The number of aromatic amines is 1. The first kappa shape index (κ1) is 21.4. The highest BCUT2D eigenvalue weighted by Crippen LogP contribution is 2.26. The van der Waals surface area contributed by atoms with Crippen LogP contribution in [0.5, 0.6) is 0 Å². The number of hydrogen-bond acceptors (Lipinski definition) is 5. The number of aromatic nitrogens is 4. The number of aliphatic hydroxyl groups is 1. The molecule has 0 fully saturated rings. The van der Waals surface area contributed by atoms with Gasteiger partial charge in [-0.3, -0.25) is 4.79 Å². The van der Waals surface area contributed by atoms with Crippen LogP contribution in [0.25, 0.3) is 11.1 Å². The van der Waals surface area contributed by atoms with Crippen molar-refractivity contribution in [2.45, 2.75) is 26.2 Å². The number of carbonyl (C=O) groups is 1. The Morgan fingerprint density at radius 1 is 1.03 bits per heavy atom. The van der Waals surface area contributed by atoms with Crippen LogP contribution in [0.3, 0.4) is 0 Å². The number of carbonyl (C=O) groups excluding carboxylic acids is 1. The Bertz CT molecular complexity index is 1200. The van der Waals surface area contributed by atoms with Crippen LogP contribution >= 0.6 is 0 Å². The topological polar surface area (TPSA) is 104 Å². The number of aliphatic hydroxyl groups excluding tert-OH is 1. The lowest BCUT2D eigenvalue weighted by atomic mass is 9.97. The maximum atomic E-state index is 12.7. The van der Waals surface area contributed by atoms with Crippen molar-refractivity contribution in [1.29, 1.82) is 0 Å². The molecule has 1 amide bonds. The highest BCUT2D eigenvalue weighted by atomic mass is 16.2. The molecule has 0 aliphatic heterocycles. The van der Waals surface area contributed by atoms with Gasteiger partial charge in [0.1, 0.15) is 11.6 Å². The quantitative estimate of drug-likeness (QED) is 0.395. The molecule has 2 heterocycles. The predicted octanol–water partition coefficient (Wildman–Crippen LogP) is 3.94. The van der Waals surface area contributed by atoms with Gasteiger partial charge in [0, 0.05) is 19.2 Å². The molecule has 0 aliphatic rings. The molecule has 0 radical (unpaired) electrons. The predicted molar refractivity (Wildman–Crippen MR) is 123 cm³/mol. The van der Waals surface area contributed by atoms with Crippen LogP contribution in [0.15, 0.2) is 66.9 Å². The van der Waals surface area contributed by atoms with Gasteiger partial charge in [0.2, 0.25) is 5.82 Å². The normalized spacial score (nSPS) is 10.8. The van der Waals surface area contributed by atoms with E-state index in [1.165, 1.54) is 0 Å². The molecule has 32 heavy (non-hydrogen) atoms. The smallest absolute Gasteiger partial charge is 0.294 e. The van der Waals surface area contributed by atoms with E-state index in [0.717, 1.165) is 40.7 Å². The van der Waals surface area contributed by atoms with E-state index in [9.17, 15) is 4.79 Å². The molecule has 0 atom stereocenters. The molecule has 4 rings (SSSR count). The molecule has 0 unspecified atom stereocenters. The molecule has 0 bridgehead atoms. The Hall–Kier alpha value is -3.84. The number of aryl methyl sites for hydroxylation is 2. The lowest BCUT2D eigenvalue weighted by Gasteiger charge is -2.10. The van der Waals surface area contributed by atoms with Crippen LogP contribution in [0.1, 0.15) is 39.6 Å². The van der Waals surface area contributed by atoms with Crippen molar-refractivity contribution >= 4 is 11.7 Å². The summed E-state index contributed by atoms with van der Waals surface area (Å²) in [6.07, 6.45) is 3.78. The molecule has 162 valence electrons. The zero-order chi connectivity index (χ0) is 22.3. The first-order valence-electron chi connectivity index (χ1n) is 10.6. The second kappa shape index (κ2) is 9.98. The minimum atomic E-state index is -0.394. The van der Waals surface area contributed by atoms with E-state index in [1.807, 2.05) is 49.4 Å². The third-order valence-electron chi connectivity index (χ3n) is 5.20. The van der Waals surface area contributed by atoms with Crippen molar-refractivity contribution in [3.05, 3.63) is 95.2 Å². The summed E-state index contributed by atoms with van der Waals surface area (Å²) in [5.74, 6) is 0.812. The summed E-state index contributed by atoms with van der Waals surface area (Å²) < 4.78 is 0. The molecule has 2 aromatic heterocycles. The van der Waals surface area contributed by atoms with Crippen molar-refractivity contribution < 1.29 is 9.90 Å². The van der Waals surface area contributed by atoms with Gasteiger partial charge in [-0.15, -0.1) is 10.2 Å². The van der Waals surface area contributed by atoms with E-state index >= 15 is 0 Å². The Balaban J connectivity index is 1.48. The molecular formula is C25H25N5O2. The number of amides is 1. The molecule has 7 heteroatoms. The zero-order valence-electron chi connectivity index (χ0n) is 17.9. The van der Waals surface area contributed by atoms with Crippen molar-refractivity contribution in [2.24, 2.45) is 0 Å². The summed E-state index contributed by atoms with van der Waals surface area (Å²) in [5.41, 5.74) is 5.40. The molecule has 0 saturated carbocycles. The average Bonchev–Trinajstić information content (AvgIpc) is 3.28. The molecule has 0 saturated heterocycles. The lowest BCUT2D eigenvalue weighted by molar-refractivity contribution is 0.101. The van der Waals surface area contributed by atoms with Gasteiger partial charge in [-0.25, -0.2) is 4.98 Å². The summed E-state index contributed by atoms with van der Waals surface area (Å²) in [6.45, 7) is 2.22. The monoisotopic (exact) mass is 427 g/mol. The first-order chi connectivity index (χ1) is 15.6. The number of anilines is 1. The van der Waals surface area contributed by atoms with E-state index in [-0.39, 0.29) is 12.4 Å². The Morgan fingerprint density at radius 3 is 2.69 bits per heavy atom. The third-order valence-corrected chi connectivity index (χ3v) is 5.20. The molecular weight excluding hydrogens is 402 g/mol. The highest BCUT2D eigenvalue weighted by molar-refractivity contribution is 6.01. The summed E-state index contributed by atoms with van der Waals surface area (Å²) in [4.78, 5) is 19.9. The SMILES string of the molecule is Cc1ccc(CCCO)cc1-c1ccnc(NC(=O)c2nnc(Cc3ccccc3)[nH]2)c1. The highest BCUT2D eigenvalue weighted by Gasteiger charge is 2.14. The zero-order valence-corrected chi connectivity index (χ0v) is 17.9. The van der Waals surface area contributed by atoms with Gasteiger partial charge in [0.15, 0.2) is 0 Å². The number of hydrogen-bond donors (Lipinski definition) is 3. The van der Waals surface area contributed by atoms with E-state index in [1.54, 1.807) is 6.20 Å². The number of pyridine rings is 1. The molecule has 7 nitrogen and oxygen atoms in total. The van der Waals surface area contributed by atoms with Crippen LogP contribution in [0.2, 0.25) is 0 Å². The van der Waals surface area contributed by atoms with Crippen LogP contribution < -0.4 is 5.32 Å². The van der Waals surface area contributed by atoms with Crippen LogP contribution in [0, 0.1) is 6.92 Å². The summed E-state index contributed by atoms with van der Waals surface area (Å²) in [5, 5.41) is 20.0. The van der Waals surface area contributed by atoms with E-state index in [0.29, 0.717) is 18.1 Å². The second-order valence-electron chi connectivity index (χ2n) is 7.64. The molecule has 0 spiro atoms. The van der Waals surface area contributed by atoms with Crippen LogP contribution in [0.4, 0.5) is 5.82 Å². The second-order valence-corrected chi connectivity index (χ2v) is 7.64. The standard InChI is InChI=1S/C25H25N5O2/c1-17-9-10-19(8-5-13-31)14-21(17)20-11-12-26-22(16-20)28-25(32)24-27-23(29-30-24)15-18-6-3-2-4-7-18/h2-4,6-7,9-12,14,16,31H,5,8,13,15H2,1H3,(H,26,28,32)(H,27,29,30). The fraction of sp³-hybridized carbons (Fsp3) is 0.200. The van der Waals surface area contributed by atoms with Crippen molar-refractivity contribution in [2.75, 3.05) is 11.9 Å². The molecule has 2 aromatic carbocycles. The number of rotatable bonds is 8. The fourth-order valence-corrected chi connectivity index (χ4v) is 3.53. The van der Waals surface area contributed by atoms with Gasteiger partial charge in [0.25, 0.3) is 5.91 Å². The number of nitrogens with zero attached hydrogens (tertiary/aromatic N) is 3. The number of nitrogens with one attached hydrogen (secondary N) is 2. The maximum absolute atomic E-state index is 12.7. The third kappa shape index (κ3) is 5.25. The number of H-pyrrole nitrogens is 1. The van der Waals surface area contributed by atoms with Crippen molar-refractivity contribution in [3.63, 3.8) is 0 Å². The van der Waals surface area contributed by atoms with E-state index in [4.69, 9.17) is 5.11 Å². The van der Waals surface area contributed by atoms with Crippen molar-refractivity contribution in [1.82, 2.24) is 20.2 Å². The first-order valence-corrected chi connectivity index (χ1v) is 10.6. The van der Waals surface area contributed by atoms with E-state index < -0.39 is 5.91 Å². The van der Waals surface area contributed by atoms with Crippen molar-refractivity contribution in [3.8, 4) is 11.1 Å². The maximum Gasteiger partial charge on any atom is 0.294 e. The van der Waals surface area contributed by atoms with Gasteiger partial charge in [-0.1, -0.05) is 48.5 Å². The Labute approximate surface area is 186 Å². The average molecular weight is 428 g/mol. The molecule has 0 aliphatic carbocycles. The lowest BCUT2D eigenvalue weighted by Crippen LogP contribution is -2.14. The Morgan fingerprint density at radius 2 is 1.88 bits per heavy atom. The minimum absolute atomic E-state index is 0.144. The summed E-state index contributed by atoms with van der Waals surface area (Å²) in [7, 11) is 0. The van der Waals surface area contributed by atoms with Gasteiger partial charge in [-0.2, -0.15) is 0 Å². The summed E-state index contributed by atoms with van der Waals surface area (Å²) in [6, 6.07) is 19.9. The number of benzene rings is 2. The Kier molecular flexibility index (Phi) is 6.67. The van der Waals surface area contributed by atoms with Gasteiger partial charge in [-0.05, 0) is 59.7 Å². The molecule has 3 N–H and O–H groups in total. The van der Waals surface area contributed by atoms with Crippen LogP contribution in [-0.2, 0) is 12.8 Å². The van der Waals surface area contributed by atoms with Crippen LogP contribution in [-0.4, -0.2) is 37.8 Å². The summed E-state index contributed by atoms with van der Waals surface area (Å²) >= 11 is 0. The van der Waals surface area contributed by atoms with Gasteiger partial charge >= 0.3 is 0 Å². The minimum Gasteiger partial charge on any atom is -0.396 e. The fourth-order valence-electron chi connectivity index (χ4n) is 3.53. The van der Waals surface area contributed by atoms with Gasteiger partial charge in [0.05, 0.1) is 0 Å². The van der Waals surface area contributed by atoms with Gasteiger partial charge < -0.3 is 15.4 Å². The van der Waals surface area contributed by atoms with E-state index in [2.05, 4.69) is 43.7 Å². The largest absolute Gasteiger partial charge is 0.396 e. The molecule has 4 aromatic rings.